The van der Waals surface area contributed by atoms with Crippen LogP contribution in [-0.2, 0) is 11.2 Å². The molecule has 1 aromatic carbocycles. The van der Waals surface area contributed by atoms with Crippen molar-refractivity contribution in [3.63, 3.8) is 0 Å². The smallest absolute Gasteiger partial charge is 0.130 e. The van der Waals surface area contributed by atoms with Gasteiger partial charge in [-0.2, -0.15) is 0 Å². The van der Waals surface area contributed by atoms with E-state index in [1.54, 1.807) is 30.8 Å². The van der Waals surface area contributed by atoms with Crippen LogP contribution in [0.2, 0.25) is 0 Å². The number of thioether (sulfide) groups is 1. The fourth-order valence-electron chi connectivity index (χ4n) is 1.74. The van der Waals surface area contributed by atoms with Crippen LogP contribution in [0.25, 0.3) is 0 Å². The van der Waals surface area contributed by atoms with Gasteiger partial charge in [0.25, 0.3) is 0 Å². The SMILES string of the molecule is CC(=O)CC1Cc2cc(O)ccc2S1. The van der Waals surface area contributed by atoms with Gasteiger partial charge in [-0.3, -0.25) is 4.79 Å². The molecule has 0 spiro atoms. The number of benzene rings is 1. The van der Waals surface area contributed by atoms with Crippen molar-refractivity contribution in [1.29, 1.82) is 0 Å². The topological polar surface area (TPSA) is 37.3 Å². The van der Waals surface area contributed by atoms with E-state index in [0.29, 0.717) is 17.4 Å². The Labute approximate surface area is 87.3 Å². The molecule has 1 aliphatic rings. The van der Waals surface area contributed by atoms with Crippen LogP contribution in [-0.4, -0.2) is 16.1 Å². The molecule has 0 fully saturated rings. The molecule has 0 aromatic heterocycles. The predicted octanol–water partition coefficient (Wildman–Crippen LogP) is 2.39. The summed E-state index contributed by atoms with van der Waals surface area (Å²) in [4.78, 5) is 12.2. The minimum atomic E-state index is 0.236. The van der Waals surface area contributed by atoms with Crippen LogP contribution in [0.15, 0.2) is 23.1 Å². The summed E-state index contributed by atoms with van der Waals surface area (Å²) in [5, 5.41) is 9.65. The zero-order chi connectivity index (χ0) is 10.1. The number of hydrogen-bond donors (Lipinski definition) is 1. The van der Waals surface area contributed by atoms with E-state index in [0.717, 1.165) is 6.42 Å². The fourth-order valence-corrected chi connectivity index (χ4v) is 3.12. The van der Waals surface area contributed by atoms with Gasteiger partial charge >= 0.3 is 0 Å². The fraction of sp³-hybridized carbons (Fsp3) is 0.364. The lowest BCUT2D eigenvalue weighted by Crippen LogP contribution is -2.06. The van der Waals surface area contributed by atoms with Gasteiger partial charge in [0, 0.05) is 16.6 Å². The predicted molar refractivity (Wildman–Crippen MR) is 56.8 cm³/mol. The minimum Gasteiger partial charge on any atom is -0.508 e. The number of phenolic OH excluding ortho intramolecular Hbond substituents is 1. The molecular weight excluding hydrogens is 196 g/mol. The summed E-state index contributed by atoms with van der Waals surface area (Å²) in [6, 6.07) is 5.42. The Morgan fingerprint density at radius 1 is 1.64 bits per heavy atom. The van der Waals surface area contributed by atoms with Crippen LogP contribution >= 0.6 is 11.8 Å². The highest BCUT2D eigenvalue weighted by atomic mass is 32.2. The van der Waals surface area contributed by atoms with Gasteiger partial charge in [0.2, 0.25) is 0 Å². The molecule has 1 aromatic rings. The van der Waals surface area contributed by atoms with E-state index in [1.807, 2.05) is 6.07 Å². The van der Waals surface area contributed by atoms with Gasteiger partial charge in [-0.1, -0.05) is 0 Å². The van der Waals surface area contributed by atoms with Gasteiger partial charge in [-0.05, 0) is 37.1 Å². The lowest BCUT2D eigenvalue weighted by molar-refractivity contribution is -0.116. The molecule has 0 saturated heterocycles. The van der Waals surface area contributed by atoms with Crippen molar-refractivity contribution in [2.75, 3.05) is 0 Å². The summed E-state index contributed by atoms with van der Waals surface area (Å²) in [6.07, 6.45) is 1.52. The number of carbonyl (C=O) groups is 1. The maximum absolute atomic E-state index is 11.0. The van der Waals surface area contributed by atoms with Crippen LogP contribution in [0.4, 0.5) is 0 Å². The molecule has 1 heterocycles. The van der Waals surface area contributed by atoms with Gasteiger partial charge in [0.15, 0.2) is 0 Å². The lowest BCUT2D eigenvalue weighted by Gasteiger charge is -2.03. The molecule has 14 heavy (non-hydrogen) atoms. The van der Waals surface area contributed by atoms with Gasteiger partial charge in [0.1, 0.15) is 11.5 Å². The van der Waals surface area contributed by atoms with Crippen LogP contribution < -0.4 is 0 Å². The molecule has 1 aliphatic heterocycles. The Morgan fingerprint density at radius 2 is 2.43 bits per heavy atom. The van der Waals surface area contributed by atoms with Gasteiger partial charge in [0.05, 0.1) is 0 Å². The van der Waals surface area contributed by atoms with Crippen LogP contribution in [0.5, 0.6) is 5.75 Å². The van der Waals surface area contributed by atoms with Crippen molar-refractivity contribution in [1.82, 2.24) is 0 Å². The van der Waals surface area contributed by atoms with Gasteiger partial charge in [-0.25, -0.2) is 0 Å². The Balaban J connectivity index is 2.14. The third-order valence-electron chi connectivity index (χ3n) is 2.30. The maximum Gasteiger partial charge on any atom is 0.130 e. The third-order valence-corrected chi connectivity index (χ3v) is 3.62. The Kier molecular flexibility index (Phi) is 2.50. The second kappa shape index (κ2) is 3.65. The molecule has 2 nitrogen and oxygen atoms in total. The van der Waals surface area contributed by atoms with Crippen LogP contribution in [0, 0.1) is 0 Å². The average molecular weight is 208 g/mol. The zero-order valence-corrected chi connectivity index (χ0v) is 8.80. The molecule has 1 unspecified atom stereocenters. The van der Waals surface area contributed by atoms with Crippen molar-refractivity contribution in [2.45, 2.75) is 29.9 Å². The molecule has 2 rings (SSSR count). The highest BCUT2D eigenvalue weighted by Gasteiger charge is 2.23. The zero-order valence-electron chi connectivity index (χ0n) is 7.99. The van der Waals surface area contributed by atoms with Crippen molar-refractivity contribution >= 4 is 17.5 Å². The van der Waals surface area contributed by atoms with Crippen LogP contribution in [0.3, 0.4) is 0 Å². The van der Waals surface area contributed by atoms with Crippen molar-refractivity contribution < 1.29 is 9.90 Å². The third kappa shape index (κ3) is 1.93. The number of carbonyl (C=O) groups excluding carboxylic acids is 1. The first-order valence-corrected chi connectivity index (χ1v) is 5.51. The number of phenols is 1. The highest BCUT2D eigenvalue weighted by Crippen LogP contribution is 2.39. The quantitative estimate of drug-likeness (QED) is 0.810. The highest BCUT2D eigenvalue weighted by molar-refractivity contribution is 8.00. The van der Waals surface area contributed by atoms with E-state index in [9.17, 15) is 9.90 Å². The summed E-state index contributed by atoms with van der Waals surface area (Å²) in [6.45, 7) is 1.63. The minimum absolute atomic E-state index is 0.236. The number of aromatic hydroxyl groups is 1. The number of fused-ring (bicyclic) bond motifs is 1. The first kappa shape index (κ1) is 9.59. The standard InChI is InChI=1S/C11H12O2S/c1-7(12)4-10-6-8-5-9(13)2-3-11(8)14-10/h2-3,5,10,13H,4,6H2,1H3. The van der Waals surface area contributed by atoms with E-state index >= 15 is 0 Å². The summed E-state index contributed by atoms with van der Waals surface area (Å²) >= 11 is 1.74. The summed E-state index contributed by atoms with van der Waals surface area (Å²) in [7, 11) is 0. The Morgan fingerprint density at radius 3 is 3.14 bits per heavy atom. The van der Waals surface area contributed by atoms with Crippen molar-refractivity contribution in [2.24, 2.45) is 0 Å². The first-order valence-electron chi connectivity index (χ1n) is 4.63. The number of rotatable bonds is 2. The Bertz CT molecular complexity index is 374. The summed E-state index contributed by atoms with van der Waals surface area (Å²) < 4.78 is 0. The molecular formula is C11H12O2S. The number of ketones is 1. The second-order valence-electron chi connectivity index (χ2n) is 3.64. The van der Waals surface area contributed by atoms with E-state index < -0.39 is 0 Å². The van der Waals surface area contributed by atoms with Crippen molar-refractivity contribution in [3.05, 3.63) is 23.8 Å². The largest absolute Gasteiger partial charge is 0.508 e. The second-order valence-corrected chi connectivity index (χ2v) is 4.98. The Hall–Kier alpha value is -0.960. The molecule has 3 heteroatoms. The maximum atomic E-state index is 11.0. The average Bonchev–Trinajstić information content (AvgIpc) is 2.44. The van der Waals surface area contributed by atoms with Gasteiger partial charge < -0.3 is 5.11 Å². The molecule has 0 saturated carbocycles. The number of Topliss-reactive ketones (excluding diaryl/α,β-unsaturated/α-hetero) is 1. The van der Waals surface area contributed by atoms with Crippen molar-refractivity contribution in [3.8, 4) is 5.75 Å². The molecule has 1 N–H and O–H groups in total. The molecule has 0 aliphatic carbocycles. The van der Waals surface area contributed by atoms with E-state index in [4.69, 9.17) is 0 Å². The first-order chi connectivity index (χ1) is 6.65. The van der Waals surface area contributed by atoms with E-state index in [2.05, 4.69) is 0 Å². The van der Waals surface area contributed by atoms with Crippen LogP contribution in [0.1, 0.15) is 18.9 Å². The molecule has 0 radical (unpaired) electrons. The molecule has 0 bridgehead atoms. The summed E-state index contributed by atoms with van der Waals surface area (Å²) in [5.41, 5.74) is 1.17. The van der Waals surface area contributed by atoms with Gasteiger partial charge in [-0.15, -0.1) is 11.8 Å². The molecule has 1 atom stereocenters. The normalized spacial score (nSPS) is 19.4. The van der Waals surface area contributed by atoms with E-state index in [-0.39, 0.29) is 5.78 Å². The molecule has 74 valence electrons. The lowest BCUT2D eigenvalue weighted by atomic mass is 10.1. The monoisotopic (exact) mass is 208 g/mol. The molecule has 0 amide bonds. The summed E-state index contributed by atoms with van der Waals surface area (Å²) in [5.74, 6) is 0.548. The van der Waals surface area contributed by atoms with E-state index in [1.165, 1.54) is 10.5 Å². The number of hydrogen-bond acceptors (Lipinski definition) is 3.